The number of likely N-dealkylation sites (tertiary alicyclic amines) is 1. The zero-order chi connectivity index (χ0) is 17.2. The molecular weight excluding hydrogens is 304 g/mol. The summed E-state index contributed by atoms with van der Waals surface area (Å²) in [6, 6.07) is 8.29. The van der Waals surface area contributed by atoms with Crippen molar-refractivity contribution >= 4 is 5.91 Å². The third-order valence-corrected chi connectivity index (χ3v) is 5.81. The first-order valence-corrected chi connectivity index (χ1v) is 8.75. The van der Waals surface area contributed by atoms with Crippen LogP contribution >= 0.6 is 0 Å². The van der Waals surface area contributed by atoms with E-state index in [1.54, 1.807) is 14.2 Å². The summed E-state index contributed by atoms with van der Waals surface area (Å²) in [6.45, 7) is 1.94. The molecule has 1 saturated carbocycles. The molecule has 1 saturated heterocycles. The van der Waals surface area contributed by atoms with E-state index in [1.165, 1.54) is 5.56 Å². The first-order valence-electron chi connectivity index (χ1n) is 8.75. The van der Waals surface area contributed by atoms with Crippen LogP contribution in [0.3, 0.4) is 0 Å². The lowest BCUT2D eigenvalue weighted by atomic mass is 9.79. The summed E-state index contributed by atoms with van der Waals surface area (Å²) >= 11 is 0. The Labute approximate surface area is 144 Å². The predicted octanol–water partition coefficient (Wildman–Crippen LogP) is 2.20. The first kappa shape index (κ1) is 17.4. The lowest BCUT2D eigenvalue weighted by Crippen LogP contribution is -2.51. The number of amides is 1. The molecule has 1 aromatic carbocycles. The summed E-state index contributed by atoms with van der Waals surface area (Å²) in [5, 5.41) is 2.66. The molecule has 1 aliphatic heterocycles. The van der Waals surface area contributed by atoms with Gasteiger partial charge in [-0.2, -0.15) is 0 Å². The zero-order valence-electron chi connectivity index (χ0n) is 14.9. The molecular formula is C19H28N2O3. The van der Waals surface area contributed by atoms with Gasteiger partial charge >= 0.3 is 0 Å². The lowest BCUT2D eigenvalue weighted by molar-refractivity contribution is -0.0947. The maximum absolute atomic E-state index is 11.7. The molecule has 2 unspecified atom stereocenters. The van der Waals surface area contributed by atoms with E-state index in [-0.39, 0.29) is 11.5 Å². The summed E-state index contributed by atoms with van der Waals surface area (Å²) in [5.74, 6) is -0.0451. The SMILES string of the molecule is CNC(=O)c1ccc(CN2CC[C@]3(OC)CCC(OC)CC23)cc1. The Kier molecular flexibility index (Phi) is 5.23. The van der Waals surface area contributed by atoms with Crippen LogP contribution in [0.15, 0.2) is 24.3 Å². The largest absolute Gasteiger partial charge is 0.381 e. The first-order chi connectivity index (χ1) is 11.6. The van der Waals surface area contributed by atoms with E-state index < -0.39 is 0 Å². The van der Waals surface area contributed by atoms with Crippen molar-refractivity contribution in [3.8, 4) is 0 Å². The van der Waals surface area contributed by atoms with E-state index in [9.17, 15) is 4.79 Å². The third-order valence-electron chi connectivity index (χ3n) is 5.81. The number of nitrogens with zero attached hydrogens (tertiary/aromatic N) is 1. The molecule has 1 N–H and O–H groups in total. The highest BCUT2D eigenvalue weighted by atomic mass is 16.5. The van der Waals surface area contributed by atoms with Crippen molar-refractivity contribution in [2.75, 3.05) is 27.8 Å². The van der Waals surface area contributed by atoms with Gasteiger partial charge in [-0.3, -0.25) is 9.69 Å². The van der Waals surface area contributed by atoms with Gasteiger partial charge in [0.15, 0.2) is 0 Å². The number of fused-ring (bicyclic) bond motifs is 1. The minimum atomic E-state index is -0.0451. The fraction of sp³-hybridized carbons (Fsp3) is 0.632. The molecule has 0 radical (unpaired) electrons. The lowest BCUT2D eigenvalue weighted by Gasteiger charge is -2.43. The van der Waals surface area contributed by atoms with Crippen molar-refractivity contribution in [1.29, 1.82) is 0 Å². The van der Waals surface area contributed by atoms with Crippen molar-refractivity contribution in [2.45, 2.75) is 50.0 Å². The fourth-order valence-corrected chi connectivity index (χ4v) is 4.30. The standard InChI is InChI=1S/C19H28N2O3/c1-20-18(22)15-6-4-14(5-7-15)13-21-11-10-19(24-3)9-8-16(23-2)12-17(19)21/h4-7,16-17H,8-13H2,1-3H3,(H,20,22)/t16?,17?,19-/m1/s1. The Balaban J connectivity index is 1.71. The summed E-state index contributed by atoms with van der Waals surface area (Å²) in [7, 11) is 5.31. The Bertz CT molecular complexity index is 574. The molecule has 2 aliphatic rings. The quantitative estimate of drug-likeness (QED) is 0.898. The number of benzene rings is 1. The van der Waals surface area contributed by atoms with Gasteiger partial charge in [-0.25, -0.2) is 0 Å². The summed E-state index contributed by atoms with van der Waals surface area (Å²) in [4.78, 5) is 14.2. The average Bonchev–Trinajstić information content (AvgIpc) is 3.00. The average molecular weight is 332 g/mol. The van der Waals surface area contributed by atoms with Crippen molar-refractivity contribution in [2.24, 2.45) is 0 Å². The van der Waals surface area contributed by atoms with Gasteiger partial charge in [0, 0.05) is 46.0 Å². The number of rotatable bonds is 5. The fourth-order valence-electron chi connectivity index (χ4n) is 4.30. The second-order valence-corrected chi connectivity index (χ2v) is 6.91. The number of nitrogens with one attached hydrogen (secondary N) is 1. The second kappa shape index (κ2) is 7.21. The van der Waals surface area contributed by atoms with E-state index in [1.807, 2.05) is 31.4 Å². The van der Waals surface area contributed by atoms with Crippen LogP contribution in [-0.4, -0.2) is 56.4 Å². The molecule has 24 heavy (non-hydrogen) atoms. The molecule has 0 aromatic heterocycles. The van der Waals surface area contributed by atoms with Gasteiger partial charge in [0.2, 0.25) is 0 Å². The molecule has 0 bridgehead atoms. The molecule has 3 rings (SSSR count). The minimum absolute atomic E-state index is 0.0168. The molecule has 132 valence electrons. The summed E-state index contributed by atoms with van der Waals surface area (Å²) in [5.41, 5.74) is 1.91. The van der Waals surface area contributed by atoms with Crippen LogP contribution in [0.4, 0.5) is 0 Å². The van der Waals surface area contributed by atoms with Crippen LogP contribution in [0.5, 0.6) is 0 Å². The Morgan fingerprint density at radius 3 is 2.67 bits per heavy atom. The normalized spacial score (nSPS) is 30.1. The predicted molar refractivity (Wildman–Crippen MR) is 93.0 cm³/mol. The number of hydrogen-bond donors (Lipinski definition) is 1. The van der Waals surface area contributed by atoms with E-state index in [4.69, 9.17) is 9.47 Å². The Morgan fingerprint density at radius 2 is 2.04 bits per heavy atom. The Morgan fingerprint density at radius 1 is 1.29 bits per heavy atom. The van der Waals surface area contributed by atoms with Crippen molar-refractivity contribution in [3.05, 3.63) is 35.4 Å². The maximum Gasteiger partial charge on any atom is 0.251 e. The number of ether oxygens (including phenoxy) is 2. The molecule has 5 heteroatoms. The minimum Gasteiger partial charge on any atom is -0.381 e. The van der Waals surface area contributed by atoms with Crippen LogP contribution in [0, 0.1) is 0 Å². The van der Waals surface area contributed by atoms with Gasteiger partial charge < -0.3 is 14.8 Å². The van der Waals surface area contributed by atoms with Gasteiger partial charge in [0.05, 0.1) is 11.7 Å². The summed E-state index contributed by atoms with van der Waals surface area (Å²) in [6.07, 6.45) is 4.59. The molecule has 2 fully saturated rings. The van der Waals surface area contributed by atoms with E-state index in [0.29, 0.717) is 17.7 Å². The maximum atomic E-state index is 11.7. The molecule has 0 spiro atoms. The van der Waals surface area contributed by atoms with Gasteiger partial charge in [0.25, 0.3) is 5.91 Å². The van der Waals surface area contributed by atoms with Gasteiger partial charge in [-0.1, -0.05) is 12.1 Å². The summed E-state index contributed by atoms with van der Waals surface area (Å²) < 4.78 is 11.6. The highest BCUT2D eigenvalue weighted by Gasteiger charge is 2.50. The van der Waals surface area contributed by atoms with E-state index in [0.717, 1.165) is 38.8 Å². The van der Waals surface area contributed by atoms with Gasteiger partial charge in [-0.15, -0.1) is 0 Å². The highest BCUT2D eigenvalue weighted by Crippen LogP contribution is 2.43. The van der Waals surface area contributed by atoms with Crippen LogP contribution in [0.1, 0.15) is 41.6 Å². The molecule has 1 heterocycles. The van der Waals surface area contributed by atoms with E-state index in [2.05, 4.69) is 10.2 Å². The van der Waals surface area contributed by atoms with Crippen LogP contribution in [0.25, 0.3) is 0 Å². The number of carbonyl (C=O) groups excluding carboxylic acids is 1. The number of hydrogen-bond acceptors (Lipinski definition) is 4. The molecule has 1 amide bonds. The number of carbonyl (C=O) groups is 1. The topological polar surface area (TPSA) is 50.8 Å². The van der Waals surface area contributed by atoms with Crippen molar-refractivity contribution in [1.82, 2.24) is 10.2 Å². The van der Waals surface area contributed by atoms with E-state index >= 15 is 0 Å². The number of methoxy groups -OCH3 is 2. The van der Waals surface area contributed by atoms with Crippen molar-refractivity contribution < 1.29 is 14.3 Å². The molecule has 3 atom stereocenters. The highest BCUT2D eigenvalue weighted by molar-refractivity contribution is 5.93. The monoisotopic (exact) mass is 332 g/mol. The second-order valence-electron chi connectivity index (χ2n) is 6.91. The zero-order valence-corrected chi connectivity index (χ0v) is 14.9. The molecule has 5 nitrogen and oxygen atoms in total. The van der Waals surface area contributed by atoms with Crippen molar-refractivity contribution in [3.63, 3.8) is 0 Å². The Hall–Kier alpha value is -1.43. The molecule has 1 aliphatic carbocycles. The third kappa shape index (κ3) is 3.21. The molecule has 1 aromatic rings. The van der Waals surface area contributed by atoms with Crippen LogP contribution in [-0.2, 0) is 16.0 Å². The smallest absolute Gasteiger partial charge is 0.251 e. The van der Waals surface area contributed by atoms with Crippen LogP contribution < -0.4 is 5.32 Å². The van der Waals surface area contributed by atoms with Gasteiger partial charge in [-0.05, 0) is 43.4 Å². The van der Waals surface area contributed by atoms with Gasteiger partial charge in [0.1, 0.15) is 0 Å². The van der Waals surface area contributed by atoms with Crippen LogP contribution in [0.2, 0.25) is 0 Å².